The normalized spacial score (nSPS) is 13.0. The highest BCUT2D eigenvalue weighted by atomic mass is 16.5. The molecule has 0 saturated carbocycles. The molecule has 0 heterocycles. The summed E-state index contributed by atoms with van der Waals surface area (Å²) in [7, 11) is 13.8. The van der Waals surface area contributed by atoms with Gasteiger partial charge in [0, 0.05) is 77.9 Å². The molecule has 0 spiro atoms. The average Bonchev–Trinajstić information content (AvgIpc) is 1.45. The molecule has 12 heteroatoms. The highest BCUT2D eigenvalue weighted by Gasteiger charge is 2.72. The molecule has 118 heavy (non-hydrogen) atoms. The van der Waals surface area contributed by atoms with Crippen LogP contribution in [0, 0.1) is 10.8 Å². The highest BCUT2D eigenvalue weighted by molar-refractivity contribution is 6.22. The molecule has 0 radical (unpaired) electrons. The molecule has 16 aromatic carbocycles. The van der Waals surface area contributed by atoms with Crippen LogP contribution < -0.4 is 57.5 Å². The van der Waals surface area contributed by atoms with Gasteiger partial charge in [-0.1, -0.05) is 139 Å². The van der Waals surface area contributed by atoms with Crippen LogP contribution in [0.1, 0.15) is 63.8 Å². The van der Waals surface area contributed by atoms with E-state index in [9.17, 15) is 0 Å². The molecule has 2 aliphatic carbocycles. The number of fused-ring (bicyclic) bond motifs is 14. The maximum absolute atomic E-state index is 5.98. The standard InChI is InChI=1S/C106H94N4O8/c1-103(2,3)105(91-63-95(107(67-31-47-75(111-7)48-32-67)68-33-49-76(112-8)50-34-68)83-23-15-19-27-87(83)99(91)100-88-28-20-16-24-84(88)96(64-92(100)105)108(69-35-51-77(113-9)52-36-69)70-37-53-78(114-10)54-38-70)106(104(4,5)6)93-65-97(109(71-39-55-79(115-11)56-40-71)72-41-57-80(116-12)58-42-72)85-25-17-21-29-89(85)101(93)102-90-30-22-18-26-86(90)98(66-94(102)106)110(73-43-59-81(117-13)60-44-73)74-45-61-82(118-14)62-46-74/h15-66H,1-14H3. The predicted molar refractivity (Wildman–Crippen MR) is 485 cm³/mol. The van der Waals surface area contributed by atoms with Crippen LogP contribution in [-0.2, 0) is 10.8 Å². The Labute approximate surface area is 690 Å². The molecule has 0 N–H and O–H groups in total. The van der Waals surface area contributed by atoms with Crippen LogP contribution >= 0.6 is 0 Å². The second-order valence-electron chi connectivity index (χ2n) is 32.4. The van der Waals surface area contributed by atoms with E-state index in [1.807, 2.05) is 0 Å². The molecular formula is C106H94N4O8. The van der Waals surface area contributed by atoms with Crippen molar-refractivity contribution in [1.82, 2.24) is 0 Å². The van der Waals surface area contributed by atoms with E-state index in [2.05, 4.69) is 377 Å². The summed E-state index contributed by atoms with van der Waals surface area (Å²) in [5.41, 5.74) is 16.8. The van der Waals surface area contributed by atoms with Gasteiger partial charge in [0.2, 0.25) is 0 Å². The number of benzene rings is 16. The van der Waals surface area contributed by atoms with Crippen molar-refractivity contribution in [3.05, 3.63) is 338 Å². The van der Waals surface area contributed by atoms with E-state index in [1.165, 1.54) is 22.3 Å². The molecule has 0 unspecified atom stereocenters. The molecule has 0 atom stereocenters. The monoisotopic (exact) mass is 1550 g/mol. The van der Waals surface area contributed by atoms with Gasteiger partial charge < -0.3 is 57.5 Å². The summed E-state index contributed by atoms with van der Waals surface area (Å²) >= 11 is 0. The van der Waals surface area contributed by atoms with Crippen LogP contribution in [0.15, 0.2) is 315 Å². The fraction of sp³-hybridized carbons (Fsp3) is 0.170. The summed E-state index contributed by atoms with van der Waals surface area (Å²) in [6.45, 7) is 15.2. The van der Waals surface area contributed by atoms with Gasteiger partial charge in [-0.15, -0.1) is 0 Å². The Morgan fingerprint density at radius 3 is 0.449 bits per heavy atom. The van der Waals surface area contributed by atoms with Crippen LogP contribution in [0.5, 0.6) is 46.0 Å². The smallest absolute Gasteiger partial charge is 0.119 e. The molecule has 16 aromatic rings. The Hall–Kier alpha value is -13.8. The van der Waals surface area contributed by atoms with E-state index < -0.39 is 21.7 Å². The SMILES string of the molecule is COc1ccc(N(c2ccc(OC)cc2)c2cc3c(c4ccccc24)-c2c(cc(N(c4ccc(OC)cc4)c4ccc(OC)cc4)c4ccccc24)C3(C(C)(C)C)C2(C(C)(C)C)c3cc(N(c4ccc(OC)cc4)c4ccc(OC)cc4)c4ccccc4c3-c3c2cc(N(c2ccc(OC)cc2)c2ccc(OC)cc2)c2ccccc32)cc1. The van der Waals surface area contributed by atoms with E-state index in [0.717, 1.165) is 180 Å². The summed E-state index contributed by atoms with van der Waals surface area (Å²) < 4.78 is 47.8. The topological polar surface area (TPSA) is 86.8 Å². The summed E-state index contributed by atoms with van der Waals surface area (Å²) in [5.74, 6) is 6.00. The average molecular weight is 1550 g/mol. The number of ether oxygens (including phenoxy) is 8. The first-order valence-electron chi connectivity index (χ1n) is 40.0. The molecule has 18 rings (SSSR count). The van der Waals surface area contributed by atoms with Crippen molar-refractivity contribution < 1.29 is 37.9 Å². The van der Waals surface area contributed by atoms with Crippen molar-refractivity contribution in [2.75, 3.05) is 76.5 Å². The van der Waals surface area contributed by atoms with Crippen molar-refractivity contribution >= 4 is 111 Å². The maximum atomic E-state index is 5.98. The third-order valence-corrected chi connectivity index (χ3v) is 24.6. The Bertz CT molecular complexity index is 5510. The fourth-order valence-corrected chi connectivity index (χ4v) is 19.8. The third-order valence-electron chi connectivity index (χ3n) is 24.6. The van der Waals surface area contributed by atoms with Crippen molar-refractivity contribution in [3.8, 4) is 68.2 Å². The van der Waals surface area contributed by atoms with E-state index >= 15 is 0 Å². The summed E-state index contributed by atoms with van der Waals surface area (Å²) in [6.07, 6.45) is 0. The molecule has 0 saturated heterocycles. The van der Waals surface area contributed by atoms with Crippen molar-refractivity contribution in [2.24, 2.45) is 10.8 Å². The zero-order valence-electron chi connectivity index (χ0n) is 69.1. The zero-order valence-corrected chi connectivity index (χ0v) is 69.1. The first kappa shape index (κ1) is 75.5. The minimum atomic E-state index is -1.19. The molecule has 2 aliphatic rings. The number of rotatable bonds is 21. The number of anilines is 12. The minimum Gasteiger partial charge on any atom is -0.497 e. The Balaban J connectivity index is 1.11. The lowest BCUT2D eigenvalue weighted by Crippen LogP contribution is -2.62. The van der Waals surface area contributed by atoms with Gasteiger partial charge >= 0.3 is 0 Å². The van der Waals surface area contributed by atoms with Gasteiger partial charge in [-0.2, -0.15) is 0 Å². The molecule has 0 bridgehead atoms. The van der Waals surface area contributed by atoms with Gasteiger partial charge in [0.05, 0.1) is 79.6 Å². The highest BCUT2D eigenvalue weighted by Crippen LogP contribution is 2.78. The van der Waals surface area contributed by atoms with Gasteiger partial charge in [-0.25, -0.2) is 0 Å². The van der Waals surface area contributed by atoms with Gasteiger partial charge in [-0.3, -0.25) is 0 Å². The molecule has 12 nitrogen and oxygen atoms in total. The van der Waals surface area contributed by atoms with Crippen molar-refractivity contribution in [2.45, 2.75) is 52.4 Å². The summed E-state index contributed by atoms with van der Waals surface area (Å²) in [4.78, 5) is 9.77. The lowest BCUT2D eigenvalue weighted by Gasteiger charge is -2.62. The molecule has 0 fully saturated rings. The largest absolute Gasteiger partial charge is 0.497 e. The number of methoxy groups -OCH3 is 8. The van der Waals surface area contributed by atoms with Gasteiger partial charge in [0.15, 0.2) is 0 Å². The number of nitrogens with zero attached hydrogens (tertiary/aromatic N) is 4. The molecule has 0 aromatic heterocycles. The third kappa shape index (κ3) is 11.8. The first-order chi connectivity index (χ1) is 57.4. The van der Waals surface area contributed by atoms with Crippen LogP contribution in [0.2, 0.25) is 0 Å². The van der Waals surface area contributed by atoms with E-state index in [0.29, 0.717) is 0 Å². The summed E-state index contributed by atoms with van der Waals surface area (Å²) in [5, 5.41) is 8.68. The Kier molecular flexibility index (Phi) is 19.1. The minimum absolute atomic E-state index is 0.750. The van der Waals surface area contributed by atoms with Gasteiger partial charge in [0.25, 0.3) is 0 Å². The number of hydrogen-bond donors (Lipinski definition) is 0. The Morgan fingerprint density at radius 2 is 0.322 bits per heavy atom. The van der Waals surface area contributed by atoms with E-state index in [-0.39, 0.29) is 0 Å². The second kappa shape index (κ2) is 29.8. The molecule has 0 aliphatic heterocycles. The molecule has 0 amide bonds. The maximum Gasteiger partial charge on any atom is 0.119 e. The quantitative estimate of drug-likeness (QED) is 0.0687. The Morgan fingerprint density at radius 1 is 0.186 bits per heavy atom. The van der Waals surface area contributed by atoms with Crippen LogP contribution in [0.25, 0.3) is 65.3 Å². The van der Waals surface area contributed by atoms with E-state index in [1.54, 1.807) is 56.9 Å². The van der Waals surface area contributed by atoms with E-state index in [4.69, 9.17) is 37.9 Å². The number of hydrogen-bond acceptors (Lipinski definition) is 12. The fourth-order valence-electron chi connectivity index (χ4n) is 19.8. The van der Waals surface area contributed by atoms with Crippen LogP contribution in [0.3, 0.4) is 0 Å². The lowest BCUT2D eigenvalue weighted by molar-refractivity contribution is 0.0596. The predicted octanol–water partition coefficient (Wildman–Crippen LogP) is 27.6. The van der Waals surface area contributed by atoms with Crippen LogP contribution in [-0.4, -0.2) is 56.9 Å². The molecule has 586 valence electrons. The van der Waals surface area contributed by atoms with Crippen LogP contribution in [0.4, 0.5) is 68.2 Å². The van der Waals surface area contributed by atoms with Gasteiger partial charge in [0.1, 0.15) is 46.0 Å². The van der Waals surface area contributed by atoms with Crippen molar-refractivity contribution in [1.29, 1.82) is 0 Å². The second-order valence-corrected chi connectivity index (χ2v) is 32.4. The van der Waals surface area contributed by atoms with Gasteiger partial charge in [-0.05, 0) is 295 Å². The lowest BCUT2D eigenvalue weighted by atomic mass is 9.39. The van der Waals surface area contributed by atoms with Crippen molar-refractivity contribution in [3.63, 3.8) is 0 Å². The first-order valence-corrected chi connectivity index (χ1v) is 40.0. The zero-order chi connectivity index (χ0) is 81.5. The molecular weight excluding hydrogens is 1460 g/mol. The summed E-state index contributed by atoms with van der Waals surface area (Å²) in [6, 6.07) is 115.